The lowest BCUT2D eigenvalue weighted by atomic mass is 9.48. The van der Waals surface area contributed by atoms with Gasteiger partial charge in [0.05, 0.1) is 4.88 Å². The highest BCUT2D eigenvalue weighted by atomic mass is 32.2. The minimum absolute atomic E-state index is 0.0497. The van der Waals surface area contributed by atoms with Crippen molar-refractivity contribution in [2.75, 3.05) is 5.75 Å². The van der Waals surface area contributed by atoms with Crippen LogP contribution in [0.3, 0.4) is 0 Å². The van der Waals surface area contributed by atoms with E-state index in [0.29, 0.717) is 0 Å². The molecular formula is C16H24N2OS2. The summed E-state index contributed by atoms with van der Waals surface area (Å²) < 4.78 is 0. The zero-order valence-corrected chi connectivity index (χ0v) is 14.8. The number of aryl methyl sites for hydroxylation is 1. The number of thioether (sulfide) groups is 1. The summed E-state index contributed by atoms with van der Waals surface area (Å²) >= 11 is 3.61. The fraction of sp³-hybridized carbons (Fsp3) is 0.688. The third-order valence-corrected chi connectivity index (χ3v) is 7.46. The Hall–Kier alpha value is -0.520. The Labute approximate surface area is 135 Å². The molecule has 116 valence electrons. The lowest BCUT2D eigenvalue weighted by molar-refractivity contribution is -0.0663. The number of thiophene rings is 1. The van der Waals surface area contributed by atoms with Gasteiger partial charge in [-0.15, -0.1) is 11.3 Å². The number of hydrogen-bond acceptors (Lipinski definition) is 4. The average Bonchev–Trinajstić information content (AvgIpc) is 2.87. The molecule has 0 aromatic carbocycles. The SMILES string of the molecule is CC1(C)C(N)C(C)(C)C1NC(=O)c1cc2c(s1)CCSC2. The van der Waals surface area contributed by atoms with Crippen LogP contribution in [0.5, 0.6) is 0 Å². The van der Waals surface area contributed by atoms with Crippen LogP contribution < -0.4 is 11.1 Å². The maximum absolute atomic E-state index is 12.6. The lowest BCUT2D eigenvalue weighted by Gasteiger charge is -2.62. The van der Waals surface area contributed by atoms with Gasteiger partial charge in [-0.05, 0) is 23.8 Å². The molecule has 5 heteroatoms. The Balaban J connectivity index is 1.76. The molecule has 1 aromatic rings. The number of nitrogens with two attached hydrogens (primary N) is 1. The van der Waals surface area contributed by atoms with Gasteiger partial charge in [-0.2, -0.15) is 11.8 Å². The molecule has 0 spiro atoms. The first-order chi connectivity index (χ1) is 9.74. The van der Waals surface area contributed by atoms with E-state index in [2.05, 4.69) is 39.1 Å². The van der Waals surface area contributed by atoms with Crippen molar-refractivity contribution in [3.8, 4) is 0 Å². The number of amides is 1. The fourth-order valence-electron chi connectivity index (χ4n) is 4.01. The Bertz CT molecular complexity index is 537. The predicted octanol–water partition coefficient (Wildman–Crippen LogP) is 3.03. The number of fused-ring (bicyclic) bond motifs is 1. The highest BCUT2D eigenvalue weighted by Gasteiger charge is 2.60. The van der Waals surface area contributed by atoms with E-state index in [1.54, 1.807) is 11.3 Å². The van der Waals surface area contributed by atoms with Gasteiger partial charge < -0.3 is 11.1 Å². The Morgan fingerprint density at radius 1 is 1.33 bits per heavy atom. The molecule has 2 aliphatic rings. The van der Waals surface area contributed by atoms with Crippen molar-refractivity contribution in [3.63, 3.8) is 0 Å². The summed E-state index contributed by atoms with van der Waals surface area (Å²) in [5, 5.41) is 3.24. The van der Waals surface area contributed by atoms with Gasteiger partial charge in [0.1, 0.15) is 0 Å². The largest absolute Gasteiger partial charge is 0.347 e. The smallest absolute Gasteiger partial charge is 0.261 e. The maximum atomic E-state index is 12.6. The minimum Gasteiger partial charge on any atom is -0.347 e. The van der Waals surface area contributed by atoms with Crippen molar-refractivity contribution >= 4 is 29.0 Å². The highest BCUT2D eigenvalue weighted by Crippen LogP contribution is 2.52. The quantitative estimate of drug-likeness (QED) is 0.879. The van der Waals surface area contributed by atoms with E-state index < -0.39 is 0 Å². The van der Waals surface area contributed by atoms with Gasteiger partial charge in [0, 0.05) is 33.5 Å². The molecule has 1 fully saturated rings. The van der Waals surface area contributed by atoms with Gasteiger partial charge in [-0.25, -0.2) is 0 Å². The molecule has 0 atom stereocenters. The van der Waals surface area contributed by atoms with Crippen LogP contribution in [0, 0.1) is 10.8 Å². The number of hydrogen-bond donors (Lipinski definition) is 2. The summed E-state index contributed by atoms with van der Waals surface area (Å²) in [4.78, 5) is 14.8. The Morgan fingerprint density at radius 3 is 2.62 bits per heavy atom. The van der Waals surface area contributed by atoms with E-state index in [4.69, 9.17) is 5.73 Å². The number of carbonyl (C=O) groups excluding carboxylic acids is 1. The standard InChI is InChI=1S/C16H24N2OS2/c1-15(2)13(17)16(3,4)14(15)18-12(19)11-7-9-8-20-6-5-10(9)21-11/h7,13-14H,5-6,8,17H2,1-4H3,(H,18,19). The summed E-state index contributed by atoms with van der Waals surface area (Å²) in [7, 11) is 0. The van der Waals surface area contributed by atoms with Crippen LogP contribution in [0.15, 0.2) is 6.07 Å². The molecule has 3 rings (SSSR count). The molecule has 0 radical (unpaired) electrons. The van der Waals surface area contributed by atoms with Crippen LogP contribution in [-0.2, 0) is 12.2 Å². The molecule has 1 aliphatic carbocycles. The number of nitrogens with one attached hydrogen (secondary N) is 1. The summed E-state index contributed by atoms with van der Waals surface area (Å²) in [6.45, 7) is 8.57. The first-order valence-electron chi connectivity index (χ1n) is 7.50. The topological polar surface area (TPSA) is 55.1 Å². The van der Waals surface area contributed by atoms with Crippen LogP contribution in [0.2, 0.25) is 0 Å². The monoisotopic (exact) mass is 324 g/mol. The van der Waals surface area contributed by atoms with E-state index in [0.717, 1.165) is 17.1 Å². The predicted molar refractivity (Wildman–Crippen MR) is 91.0 cm³/mol. The molecule has 3 nitrogen and oxygen atoms in total. The molecule has 1 aliphatic heterocycles. The molecular weight excluding hydrogens is 300 g/mol. The van der Waals surface area contributed by atoms with Crippen LogP contribution in [-0.4, -0.2) is 23.7 Å². The second-order valence-corrected chi connectivity index (χ2v) is 9.63. The van der Waals surface area contributed by atoms with E-state index in [-0.39, 0.29) is 28.8 Å². The van der Waals surface area contributed by atoms with Crippen molar-refractivity contribution in [3.05, 3.63) is 21.4 Å². The number of carbonyl (C=O) groups is 1. The molecule has 1 saturated carbocycles. The van der Waals surface area contributed by atoms with E-state index in [1.807, 2.05) is 11.8 Å². The van der Waals surface area contributed by atoms with Gasteiger partial charge in [-0.3, -0.25) is 4.79 Å². The molecule has 0 saturated heterocycles. The lowest BCUT2D eigenvalue weighted by Crippen LogP contribution is -2.76. The second kappa shape index (κ2) is 5.00. The fourth-order valence-corrected chi connectivity index (χ4v) is 6.29. The van der Waals surface area contributed by atoms with Crippen molar-refractivity contribution in [2.45, 2.75) is 52.0 Å². The first-order valence-corrected chi connectivity index (χ1v) is 9.47. The van der Waals surface area contributed by atoms with Crippen molar-refractivity contribution in [1.82, 2.24) is 5.32 Å². The molecule has 0 unspecified atom stereocenters. The Morgan fingerprint density at radius 2 is 2.00 bits per heavy atom. The van der Waals surface area contributed by atoms with E-state index >= 15 is 0 Å². The molecule has 1 aromatic heterocycles. The molecule has 0 bridgehead atoms. The van der Waals surface area contributed by atoms with Gasteiger partial charge in [0.15, 0.2) is 0 Å². The van der Waals surface area contributed by atoms with Crippen LogP contribution in [0.1, 0.15) is 47.8 Å². The average molecular weight is 325 g/mol. The zero-order valence-electron chi connectivity index (χ0n) is 13.2. The number of rotatable bonds is 2. The van der Waals surface area contributed by atoms with Gasteiger partial charge in [-0.1, -0.05) is 27.7 Å². The third kappa shape index (κ3) is 2.34. The van der Waals surface area contributed by atoms with E-state index in [9.17, 15) is 4.79 Å². The summed E-state index contributed by atoms with van der Waals surface area (Å²) in [5.41, 5.74) is 7.52. The molecule has 2 heterocycles. The first kappa shape index (κ1) is 15.4. The summed E-state index contributed by atoms with van der Waals surface area (Å²) in [5.74, 6) is 2.29. The van der Waals surface area contributed by atoms with Crippen LogP contribution in [0.4, 0.5) is 0 Å². The van der Waals surface area contributed by atoms with Crippen LogP contribution >= 0.6 is 23.1 Å². The van der Waals surface area contributed by atoms with Gasteiger partial charge in [0.2, 0.25) is 0 Å². The van der Waals surface area contributed by atoms with Crippen molar-refractivity contribution in [1.29, 1.82) is 0 Å². The molecule has 1 amide bonds. The molecule has 3 N–H and O–H groups in total. The zero-order chi connectivity index (χ0) is 15.4. The summed E-state index contributed by atoms with van der Waals surface area (Å²) in [6, 6.07) is 2.32. The normalized spacial score (nSPS) is 29.4. The highest BCUT2D eigenvalue weighted by molar-refractivity contribution is 7.98. The molecule has 21 heavy (non-hydrogen) atoms. The maximum Gasteiger partial charge on any atom is 0.261 e. The van der Waals surface area contributed by atoms with Crippen molar-refractivity contribution in [2.24, 2.45) is 16.6 Å². The minimum atomic E-state index is -0.0497. The third-order valence-electron chi connectivity index (χ3n) is 5.22. The van der Waals surface area contributed by atoms with Crippen molar-refractivity contribution < 1.29 is 4.79 Å². The van der Waals surface area contributed by atoms with Gasteiger partial charge >= 0.3 is 0 Å². The Kier molecular flexibility index (Phi) is 3.66. The van der Waals surface area contributed by atoms with Crippen LogP contribution in [0.25, 0.3) is 0 Å². The van der Waals surface area contributed by atoms with E-state index in [1.165, 1.54) is 16.2 Å². The second-order valence-electron chi connectivity index (χ2n) is 7.39. The summed E-state index contributed by atoms with van der Waals surface area (Å²) in [6.07, 6.45) is 1.10. The van der Waals surface area contributed by atoms with Gasteiger partial charge in [0.25, 0.3) is 5.91 Å².